The molecule has 1 amide bonds. The summed E-state index contributed by atoms with van der Waals surface area (Å²) in [5.74, 6) is 0.575. The van der Waals surface area contributed by atoms with Crippen LogP contribution in [0.5, 0.6) is 5.75 Å². The Morgan fingerprint density at radius 2 is 1.86 bits per heavy atom. The minimum Gasteiger partial charge on any atom is -0.489 e. The van der Waals surface area contributed by atoms with Gasteiger partial charge in [0.1, 0.15) is 17.7 Å². The van der Waals surface area contributed by atoms with Gasteiger partial charge < -0.3 is 20.3 Å². The van der Waals surface area contributed by atoms with Crippen LogP contribution in [0.4, 0.5) is 4.39 Å². The van der Waals surface area contributed by atoms with Crippen LogP contribution in [-0.4, -0.2) is 50.1 Å². The fourth-order valence-electron chi connectivity index (χ4n) is 2.30. The first-order chi connectivity index (χ1) is 13.4. The molecule has 1 unspecified atom stereocenters. The molecule has 0 aliphatic heterocycles. The lowest BCUT2D eigenvalue weighted by atomic mass is 10.2. The minimum absolute atomic E-state index is 0. The average Bonchev–Trinajstić information content (AvgIpc) is 2.67. The summed E-state index contributed by atoms with van der Waals surface area (Å²) in [6.45, 7) is 2.92. The molecule has 8 heteroatoms. The SMILES string of the molecule is CC(CNC(=NCc1ccccc1)NCC(=O)N(C)C)Oc1cccc(F)c1.I. The Kier molecular flexibility index (Phi) is 11.0. The maximum atomic E-state index is 13.3. The van der Waals surface area contributed by atoms with Crippen LogP contribution >= 0.6 is 24.0 Å². The van der Waals surface area contributed by atoms with E-state index in [1.54, 1.807) is 26.2 Å². The number of amides is 1. The molecule has 0 aliphatic carbocycles. The Hall–Kier alpha value is -2.36. The van der Waals surface area contributed by atoms with E-state index in [1.807, 2.05) is 37.3 Å². The molecule has 6 nitrogen and oxygen atoms in total. The molecule has 0 fully saturated rings. The second-order valence-electron chi connectivity index (χ2n) is 6.56. The Balaban J connectivity index is 0.00000420. The Bertz CT molecular complexity index is 787. The molecule has 0 aliphatic rings. The van der Waals surface area contributed by atoms with Crippen LogP contribution in [0.15, 0.2) is 59.6 Å². The molecule has 0 bridgehead atoms. The van der Waals surface area contributed by atoms with Gasteiger partial charge in [-0.1, -0.05) is 36.4 Å². The van der Waals surface area contributed by atoms with E-state index in [1.165, 1.54) is 17.0 Å². The average molecular weight is 514 g/mol. The van der Waals surface area contributed by atoms with E-state index < -0.39 is 0 Å². The number of guanidine groups is 1. The molecular weight excluding hydrogens is 486 g/mol. The maximum absolute atomic E-state index is 13.3. The van der Waals surface area contributed by atoms with Gasteiger partial charge in [-0.25, -0.2) is 9.38 Å². The van der Waals surface area contributed by atoms with Crippen LogP contribution < -0.4 is 15.4 Å². The van der Waals surface area contributed by atoms with E-state index in [0.29, 0.717) is 24.8 Å². The summed E-state index contributed by atoms with van der Waals surface area (Å²) < 4.78 is 19.0. The van der Waals surface area contributed by atoms with Crippen molar-refractivity contribution >= 4 is 35.8 Å². The first-order valence-electron chi connectivity index (χ1n) is 9.12. The second kappa shape index (κ2) is 13.0. The number of carbonyl (C=O) groups is 1. The lowest BCUT2D eigenvalue weighted by Gasteiger charge is -2.19. The van der Waals surface area contributed by atoms with Crippen LogP contribution in [0.1, 0.15) is 12.5 Å². The molecule has 0 radical (unpaired) electrons. The molecular formula is C21H28FIN4O2. The Labute approximate surface area is 188 Å². The van der Waals surface area contributed by atoms with Gasteiger partial charge in [0.2, 0.25) is 5.91 Å². The summed E-state index contributed by atoms with van der Waals surface area (Å²) in [6.07, 6.45) is -0.227. The summed E-state index contributed by atoms with van der Waals surface area (Å²) in [7, 11) is 3.40. The van der Waals surface area contributed by atoms with Gasteiger partial charge in [0.25, 0.3) is 0 Å². The molecule has 2 aromatic rings. The number of nitrogens with one attached hydrogen (secondary N) is 2. The summed E-state index contributed by atoms with van der Waals surface area (Å²) >= 11 is 0. The van der Waals surface area contributed by atoms with Crippen molar-refractivity contribution in [3.63, 3.8) is 0 Å². The predicted octanol–water partition coefficient (Wildman–Crippen LogP) is 3.03. The van der Waals surface area contributed by atoms with Gasteiger partial charge in [-0.2, -0.15) is 0 Å². The van der Waals surface area contributed by atoms with Crippen molar-refractivity contribution < 1.29 is 13.9 Å². The Morgan fingerprint density at radius 3 is 2.52 bits per heavy atom. The van der Waals surface area contributed by atoms with Gasteiger partial charge >= 0.3 is 0 Å². The highest BCUT2D eigenvalue weighted by Gasteiger charge is 2.09. The molecule has 158 valence electrons. The third kappa shape index (κ3) is 9.60. The molecule has 0 spiro atoms. The molecule has 1 atom stereocenters. The zero-order chi connectivity index (χ0) is 20.4. The van der Waals surface area contributed by atoms with Crippen molar-refractivity contribution in [2.24, 2.45) is 4.99 Å². The fraction of sp³-hybridized carbons (Fsp3) is 0.333. The largest absolute Gasteiger partial charge is 0.489 e. The van der Waals surface area contributed by atoms with Crippen LogP contribution in [0.2, 0.25) is 0 Å². The van der Waals surface area contributed by atoms with Crippen LogP contribution in [0, 0.1) is 5.82 Å². The molecule has 0 aromatic heterocycles. The van der Waals surface area contributed by atoms with Gasteiger partial charge in [0.15, 0.2) is 5.96 Å². The topological polar surface area (TPSA) is 66.0 Å². The standard InChI is InChI=1S/C21H27FN4O2.HI/c1-16(28-19-11-7-10-18(22)12-19)13-23-21(25-15-20(27)26(2)3)24-14-17-8-5-4-6-9-17;/h4-12,16H,13-15H2,1-3H3,(H2,23,24,25);1H. The summed E-state index contributed by atoms with van der Waals surface area (Å²) in [5.41, 5.74) is 1.06. The number of ether oxygens (including phenoxy) is 1. The number of hydrogen-bond acceptors (Lipinski definition) is 3. The smallest absolute Gasteiger partial charge is 0.241 e. The molecule has 2 N–H and O–H groups in total. The maximum Gasteiger partial charge on any atom is 0.241 e. The van der Waals surface area contributed by atoms with E-state index in [2.05, 4.69) is 15.6 Å². The normalized spacial score (nSPS) is 11.8. The number of carbonyl (C=O) groups excluding carboxylic acids is 1. The number of benzene rings is 2. The summed E-state index contributed by atoms with van der Waals surface area (Å²) in [6, 6.07) is 15.9. The number of hydrogen-bond donors (Lipinski definition) is 2. The van der Waals surface area contributed by atoms with E-state index in [-0.39, 0.29) is 48.3 Å². The van der Waals surface area contributed by atoms with Gasteiger partial charge in [0, 0.05) is 20.2 Å². The lowest BCUT2D eigenvalue weighted by molar-refractivity contribution is -0.127. The second-order valence-corrected chi connectivity index (χ2v) is 6.56. The number of nitrogens with zero attached hydrogens (tertiary/aromatic N) is 2. The predicted molar refractivity (Wildman–Crippen MR) is 124 cm³/mol. The highest BCUT2D eigenvalue weighted by Crippen LogP contribution is 2.13. The van der Waals surface area contributed by atoms with Crippen LogP contribution in [-0.2, 0) is 11.3 Å². The number of likely N-dealkylation sites (N-methyl/N-ethyl adjacent to an activating group) is 1. The number of aliphatic imine (C=N–C) groups is 1. The van der Waals surface area contributed by atoms with Gasteiger partial charge in [-0.3, -0.25) is 4.79 Å². The quantitative estimate of drug-likeness (QED) is 0.323. The highest BCUT2D eigenvalue weighted by atomic mass is 127. The van der Waals surface area contributed by atoms with Crippen molar-refractivity contribution in [3.05, 3.63) is 66.0 Å². The molecule has 2 aromatic carbocycles. The molecule has 0 saturated carbocycles. The van der Waals surface area contributed by atoms with Crippen LogP contribution in [0.3, 0.4) is 0 Å². The Morgan fingerprint density at radius 1 is 1.14 bits per heavy atom. The van der Waals surface area contributed by atoms with Crippen molar-refractivity contribution in [1.82, 2.24) is 15.5 Å². The van der Waals surface area contributed by atoms with Gasteiger partial charge in [0.05, 0.1) is 19.6 Å². The third-order valence-electron chi connectivity index (χ3n) is 3.86. The van der Waals surface area contributed by atoms with Gasteiger partial charge in [-0.15, -0.1) is 24.0 Å². The molecule has 0 heterocycles. The molecule has 0 saturated heterocycles. The first-order valence-corrected chi connectivity index (χ1v) is 9.12. The summed E-state index contributed by atoms with van der Waals surface area (Å²) in [5, 5.41) is 6.20. The van der Waals surface area contributed by atoms with Gasteiger partial charge in [-0.05, 0) is 24.6 Å². The van der Waals surface area contributed by atoms with Crippen molar-refractivity contribution in [3.8, 4) is 5.75 Å². The monoisotopic (exact) mass is 514 g/mol. The zero-order valence-electron chi connectivity index (χ0n) is 16.9. The van der Waals surface area contributed by atoms with Crippen LogP contribution in [0.25, 0.3) is 0 Å². The third-order valence-corrected chi connectivity index (χ3v) is 3.86. The highest BCUT2D eigenvalue weighted by molar-refractivity contribution is 14.0. The van der Waals surface area contributed by atoms with E-state index in [0.717, 1.165) is 5.56 Å². The summed E-state index contributed by atoms with van der Waals surface area (Å²) in [4.78, 5) is 17.9. The number of halogens is 2. The fourth-order valence-corrected chi connectivity index (χ4v) is 2.30. The van der Waals surface area contributed by atoms with E-state index >= 15 is 0 Å². The zero-order valence-corrected chi connectivity index (χ0v) is 19.2. The van der Waals surface area contributed by atoms with E-state index in [4.69, 9.17) is 4.74 Å². The molecule has 29 heavy (non-hydrogen) atoms. The van der Waals surface area contributed by atoms with Crippen molar-refractivity contribution in [1.29, 1.82) is 0 Å². The van der Waals surface area contributed by atoms with E-state index in [9.17, 15) is 9.18 Å². The first kappa shape index (κ1) is 24.7. The van der Waals surface area contributed by atoms with Crippen molar-refractivity contribution in [2.75, 3.05) is 27.2 Å². The number of rotatable bonds is 8. The molecule has 2 rings (SSSR count). The minimum atomic E-state index is -0.341. The van der Waals surface area contributed by atoms with Crippen molar-refractivity contribution in [2.45, 2.75) is 19.6 Å². The lowest BCUT2D eigenvalue weighted by Crippen LogP contribution is -2.45.